The van der Waals surface area contributed by atoms with E-state index in [0.717, 1.165) is 32.1 Å². The minimum absolute atomic E-state index is 0.158. The van der Waals surface area contributed by atoms with Crippen molar-refractivity contribution in [2.45, 2.75) is 103 Å². The van der Waals surface area contributed by atoms with E-state index in [1.807, 2.05) is 32.6 Å². The van der Waals surface area contributed by atoms with E-state index >= 15 is 0 Å². The van der Waals surface area contributed by atoms with Gasteiger partial charge in [0.15, 0.2) is 23.5 Å². The summed E-state index contributed by atoms with van der Waals surface area (Å²) in [5.41, 5.74) is 0.00931. The van der Waals surface area contributed by atoms with Crippen LogP contribution in [0, 0.1) is 0 Å². The highest BCUT2D eigenvalue weighted by Gasteiger charge is 2.50. The molecular weight excluding hydrogens is 476 g/mol. The lowest BCUT2D eigenvalue weighted by Gasteiger charge is -2.43. The number of ether oxygens (including phenoxy) is 5. The topological polar surface area (TPSA) is 86.8 Å². The smallest absolute Gasteiger partial charge is 0.417 e. The van der Waals surface area contributed by atoms with Crippen molar-refractivity contribution in [2.75, 3.05) is 31.8 Å². The number of benzene rings is 1. The Hall–Kier alpha value is -2.52. The molecule has 3 atom stereocenters. The van der Waals surface area contributed by atoms with Crippen LogP contribution in [-0.4, -0.2) is 67.4 Å². The summed E-state index contributed by atoms with van der Waals surface area (Å²) in [6, 6.07) is 3.05. The molecule has 9 nitrogen and oxygen atoms in total. The second-order valence-electron chi connectivity index (χ2n) is 11.2. The number of amides is 2. The van der Waals surface area contributed by atoms with Crippen LogP contribution in [0.4, 0.5) is 10.5 Å². The van der Waals surface area contributed by atoms with Gasteiger partial charge in [0.2, 0.25) is 0 Å². The van der Waals surface area contributed by atoms with Gasteiger partial charge in [-0.25, -0.2) is 9.69 Å². The number of rotatable bonds is 7. The number of hydrogen-bond acceptors (Lipinski definition) is 7. The minimum atomic E-state index is -0.877. The van der Waals surface area contributed by atoms with Crippen molar-refractivity contribution >= 4 is 17.7 Å². The van der Waals surface area contributed by atoms with E-state index < -0.39 is 23.7 Å². The summed E-state index contributed by atoms with van der Waals surface area (Å²) in [5.74, 6) is -0.116. The lowest BCUT2D eigenvalue weighted by molar-refractivity contribution is -0.269. The molecule has 2 amide bonds. The fourth-order valence-electron chi connectivity index (χ4n) is 5.22. The molecule has 3 aliphatic heterocycles. The maximum absolute atomic E-state index is 13.9. The number of fused-ring (bicyclic) bond motifs is 2. The molecule has 1 aromatic rings. The van der Waals surface area contributed by atoms with E-state index in [2.05, 4.69) is 6.92 Å². The molecule has 0 spiro atoms. The molecule has 0 aliphatic carbocycles. The van der Waals surface area contributed by atoms with Gasteiger partial charge in [0.25, 0.3) is 5.91 Å². The molecule has 3 heterocycles. The van der Waals surface area contributed by atoms with Crippen LogP contribution >= 0.6 is 0 Å². The Morgan fingerprint density at radius 2 is 1.97 bits per heavy atom. The fourth-order valence-corrected chi connectivity index (χ4v) is 5.22. The van der Waals surface area contributed by atoms with Crippen molar-refractivity contribution < 1.29 is 33.3 Å². The van der Waals surface area contributed by atoms with Gasteiger partial charge in [-0.1, -0.05) is 13.3 Å². The van der Waals surface area contributed by atoms with E-state index in [1.165, 1.54) is 4.90 Å². The first-order chi connectivity index (χ1) is 17.6. The molecule has 0 N–H and O–H groups in total. The summed E-state index contributed by atoms with van der Waals surface area (Å²) in [5, 5.41) is 0. The number of anilines is 1. The Kier molecular flexibility index (Phi) is 8.23. The van der Waals surface area contributed by atoms with Gasteiger partial charge in [0.05, 0.1) is 37.6 Å². The van der Waals surface area contributed by atoms with Crippen molar-refractivity contribution in [1.82, 2.24) is 4.90 Å². The first kappa shape index (κ1) is 27.5. The number of nitrogens with zero attached hydrogens (tertiary/aromatic N) is 2. The van der Waals surface area contributed by atoms with Crippen LogP contribution in [0.25, 0.3) is 0 Å². The molecular formula is C28H42N2O7. The standard InChI is InChI=1S/C28H42N2O7/c1-7-8-15-34-23-17-19-21(18-22(23)33-6)30(26(32)37-27(2,3)4)25(20-12-11-14-29(20)24(19)31)36-28(5)13-9-10-16-35-28/h17-18,20,25H,7-16H2,1-6H3/t20-,25-,28?/m0/s1. The Labute approximate surface area is 220 Å². The molecule has 2 fully saturated rings. The van der Waals surface area contributed by atoms with E-state index in [9.17, 15) is 9.59 Å². The Balaban J connectivity index is 1.85. The lowest BCUT2D eigenvalue weighted by Crippen LogP contribution is -2.57. The first-order valence-electron chi connectivity index (χ1n) is 13.6. The normalized spacial score (nSPS) is 25.8. The van der Waals surface area contributed by atoms with Crippen molar-refractivity contribution in [3.05, 3.63) is 17.7 Å². The Bertz CT molecular complexity index is 983. The van der Waals surface area contributed by atoms with E-state index in [0.29, 0.717) is 55.4 Å². The number of hydrogen-bond donors (Lipinski definition) is 0. The largest absolute Gasteiger partial charge is 0.493 e. The molecule has 37 heavy (non-hydrogen) atoms. The zero-order valence-electron chi connectivity index (χ0n) is 23.1. The van der Waals surface area contributed by atoms with Crippen LogP contribution in [0.2, 0.25) is 0 Å². The van der Waals surface area contributed by atoms with E-state index in [4.69, 9.17) is 23.7 Å². The molecule has 0 radical (unpaired) electrons. The van der Waals surface area contributed by atoms with Crippen LogP contribution < -0.4 is 14.4 Å². The molecule has 2 saturated heterocycles. The number of unbranched alkanes of at least 4 members (excludes halogenated alkanes) is 1. The van der Waals surface area contributed by atoms with Crippen LogP contribution in [0.5, 0.6) is 11.5 Å². The van der Waals surface area contributed by atoms with Gasteiger partial charge < -0.3 is 28.6 Å². The predicted molar refractivity (Wildman–Crippen MR) is 139 cm³/mol. The molecule has 0 saturated carbocycles. The van der Waals surface area contributed by atoms with E-state index in [1.54, 1.807) is 19.2 Å². The van der Waals surface area contributed by atoms with Gasteiger partial charge in [-0.15, -0.1) is 0 Å². The molecule has 0 bridgehead atoms. The van der Waals surface area contributed by atoms with Gasteiger partial charge >= 0.3 is 6.09 Å². The second-order valence-corrected chi connectivity index (χ2v) is 11.2. The highest BCUT2D eigenvalue weighted by molar-refractivity contribution is 6.06. The quantitative estimate of drug-likeness (QED) is 0.441. The van der Waals surface area contributed by atoms with Crippen molar-refractivity contribution in [1.29, 1.82) is 0 Å². The summed E-state index contributed by atoms with van der Waals surface area (Å²) in [6.07, 6.45) is 4.64. The van der Waals surface area contributed by atoms with Crippen LogP contribution in [0.1, 0.15) is 89.9 Å². The van der Waals surface area contributed by atoms with Gasteiger partial charge in [-0.05, 0) is 65.9 Å². The van der Waals surface area contributed by atoms with Gasteiger partial charge in [-0.3, -0.25) is 4.79 Å². The average Bonchev–Trinajstić information content (AvgIpc) is 3.30. The molecule has 1 aromatic carbocycles. The molecule has 1 unspecified atom stereocenters. The molecule has 206 valence electrons. The summed E-state index contributed by atoms with van der Waals surface area (Å²) in [6.45, 7) is 11.1. The van der Waals surface area contributed by atoms with Crippen molar-refractivity contribution in [3.8, 4) is 11.5 Å². The lowest BCUT2D eigenvalue weighted by atomic mass is 10.1. The maximum atomic E-state index is 13.9. The zero-order chi connectivity index (χ0) is 26.8. The first-order valence-corrected chi connectivity index (χ1v) is 13.6. The third-order valence-corrected chi connectivity index (χ3v) is 7.06. The third kappa shape index (κ3) is 5.98. The highest BCUT2D eigenvalue weighted by Crippen LogP contribution is 2.43. The Morgan fingerprint density at radius 1 is 1.19 bits per heavy atom. The minimum Gasteiger partial charge on any atom is -0.493 e. The molecule has 0 aromatic heterocycles. The molecule has 9 heteroatoms. The van der Waals surface area contributed by atoms with Gasteiger partial charge in [0.1, 0.15) is 5.60 Å². The monoisotopic (exact) mass is 518 g/mol. The number of carbonyl (C=O) groups excluding carboxylic acids is 2. The zero-order valence-corrected chi connectivity index (χ0v) is 23.1. The molecule has 3 aliphatic rings. The maximum Gasteiger partial charge on any atom is 0.417 e. The predicted octanol–water partition coefficient (Wildman–Crippen LogP) is 5.49. The summed E-state index contributed by atoms with van der Waals surface area (Å²) >= 11 is 0. The van der Waals surface area contributed by atoms with Crippen LogP contribution in [0.3, 0.4) is 0 Å². The fraction of sp³-hybridized carbons (Fsp3) is 0.714. The number of methoxy groups -OCH3 is 1. The van der Waals surface area contributed by atoms with Crippen molar-refractivity contribution in [2.24, 2.45) is 0 Å². The van der Waals surface area contributed by atoms with E-state index in [-0.39, 0.29) is 11.9 Å². The summed E-state index contributed by atoms with van der Waals surface area (Å²) in [7, 11) is 1.55. The Morgan fingerprint density at radius 3 is 2.62 bits per heavy atom. The average molecular weight is 519 g/mol. The second kappa shape index (κ2) is 11.1. The third-order valence-electron chi connectivity index (χ3n) is 7.06. The molecule has 4 rings (SSSR count). The van der Waals surface area contributed by atoms with Gasteiger partial charge in [-0.2, -0.15) is 0 Å². The SMILES string of the molecule is CCCCOc1cc2c(cc1OC)N(C(=O)OC(C)(C)C)[C@@H](OC1(C)CCCCO1)[C@@H]1CCCN1C2=O. The highest BCUT2D eigenvalue weighted by atomic mass is 16.7. The summed E-state index contributed by atoms with van der Waals surface area (Å²) < 4.78 is 30.3. The van der Waals surface area contributed by atoms with Crippen LogP contribution in [-0.2, 0) is 14.2 Å². The van der Waals surface area contributed by atoms with Gasteiger partial charge in [0, 0.05) is 19.0 Å². The summed E-state index contributed by atoms with van der Waals surface area (Å²) in [4.78, 5) is 31.1. The number of carbonyl (C=O) groups is 2. The van der Waals surface area contributed by atoms with Crippen molar-refractivity contribution in [3.63, 3.8) is 0 Å². The van der Waals surface area contributed by atoms with Crippen LogP contribution in [0.15, 0.2) is 12.1 Å².